The number of unbranched alkanes of at least 4 members (excludes halogenated alkanes) is 2. The molecule has 15 heavy (non-hydrogen) atoms. The van der Waals surface area contributed by atoms with Crippen LogP contribution in [0.15, 0.2) is 12.7 Å². The predicted molar refractivity (Wildman–Crippen MR) is 56.7 cm³/mol. The predicted octanol–water partition coefficient (Wildman–Crippen LogP) is 1.92. The van der Waals surface area contributed by atoms with Gasteiger partial charge in [-0.15, -0.1) is 0 Å². The maximum atomic E-state index is 5.56. The Balaban J connectivity index is 2.04. The van der Waals surface area contributed by atoms with Crippen molar-refractivity contribution >= 4 is 11.2 Å². The molecule has 0 bridgehead atoms. The van der Waals surface area contributed by atoms with Crippen molar-refractivity contribution in [1.29, 1.82) is 0 Å². The fraction of sp³-hybridized carbons (Fsp3) is 0.500. The van der Waals surface area contributed by atoms with E-state index in [1.807, 2.05) is 0 Å². The Morgan fingerprint density at radius 2 is 2.20 bits per heavy atom. The standard InChI is InChI=1S/C10H14N4O/c1-2-3-4-5-15-10-8-9(12-6-11-8)13-7-14-10/h6-7H,2-5H2,1H3,(H,11,12,13,14). The fourth-order valence-electron chi connectivity index (χ4n) is 1.37. The summed E-state index contributed by atoms with van der Waals surface area (Å²) in [7, 11) is 0. The Morgan fingerprint density at radius 1 is 1.27 bits per heavy atom. The molecule has 0 aliphatic carbocycles. The molecule has 2 aromatic rings. The second-order valence-corrected chi connectivity index (χ2v) is 3.34. The zero-order valence-electron chi connectivity index (χ0n) is 8.73. The minimum absolute atomic E-state index is 0.591. The number of nitrogens with one attached hydrogen (secondary N) is 1. The van der Waals surface area contributed by atoms with Crippen LogP contribution in [0.2, 0.25) is 0 Å². The summed E-state index contributed by atoms with van der Waals surface area (Å²) in [6, 6.07) is 0. The Kier molecular flexibility index (Phi) is 3.11. The molecule has 2 heterocycles. The molecular formula is C10H14N4O. The number of hydrogen-bond donors (Lipinski definition) is 1. The number of fused-ring (bicyclic) bond motifs is 1. The maximum absolute atomic E-state index is 5.56. The van der Waals surface area contributed by atoms with Gasteiger partial charge in [-0.05, 0) is 6.42 Å². The molecule has 2 rings (SSSR count). The minimum Gasteiger partial charge on any atom is -0.476 e. The number of aromatic nitrogens is 4. The summed E-state index contributed by atoms with van der Waals surface area (Å²) in [5.74, 6) is 0.591. The van der Waals surface area contributed by atoms with Gasteiger partial charge in [0.2, 0.25) is 5.88 Å². The van der Waals surface area contributed by atoms with E-state index in [0.717, 1.165) is 11.9 Å². The van der Waals surface area contributed by atoms with Gasteiger partial charge >= 0.3 is 0 Å². The second-order valence-electron chi connectivity index (χ2n) is 3.34. The van der Waals surface area contributed by atoms with E-state index in [4.69, 9.17) is 4.74 Å². The quantitative estimate of drug-likeness (QED) is 0.759. The van der Waals surface area contributed by atoms with E-state index < -0.39 is 0 Å². The van der Waals surface area contributed by atoms with Crippen molar-refractivity contribution < 1.29 is 4.74 Å². The molecule has 0 fully saturated rings. The third-order valence-corrected chi connectivity index (χ3v) is 2.17. The molecule has 5 heteroatoms. The normalized spacial score (nSPS) is 10.7. The van der Waals surface area contributed by atoms with Crippen LogP contribution in [0.5, 0.6) is 5.88 Å². The molecule has 0 aromatic carbocycles. The van der Waals surface area contributed by atoms with Gasteiger partial charge in [0.1, 0.15) is 11.8 Å². The van der Waals surface area contributed by atoms with Crippen LogP contribution < -0.4 is 4.74 Å². The van der Waals surface area contributed by atoms with Crippen LogP contribution >= 0.6 is 0 Å². The van der Waals surface area contributed by atoms with Crippen molar-refractivity contribution in [3.8, 4) is 5.88 Å². The molecule has 0 unspecified atom stereocenters. The van der Waals surface area contributed by atoms with E-state index in [1.54, 1.807) is 6.33 Å². The summed E-state index contributed by atoms with van der Waals surface area (Å²) in [6.07, 6.45) is 6.48. The monoisotopic (exact) mass is 206 g/mol. The topological polar surface area (TPSA) is 63.7 Å². The molecule has 0 aliphatic heterocycles. The summed E-state index contributed by atoms with van der Waals surface area (Å²) in [4.78, 5) is 15.1. The SMILES string of the molecule is CCCCCOc1ncnc2nc[nH]c12. The van der Waals surface area contributed by atoms with Gasteiger partial charge in [0.15, 0.2) is 5.65 Å². The van der Waals surface area contributed by atoms with Crippen LogP contribution in [0.3, 0.4) is 0 Å². The van der Waals surface area contributed by atoms with Crippen LogP contribution in [0.4, 0.5) is 0 Å². The van der Waals surface area contributed by atoms with Crippen molar-refractivity contribution in [2.24, 2.45) is 0 Å². The molecule has 0 saturated heterocycles. The number of ether oxygens (including phenoxy) is 1. The molecule has 0 saturated carbocycles. The zero-order valence-corrected chi connectivity index (χ0v) is 8.73. The number of imidazole rings is 1. The lowest BCUT2D eigenvalue weighted by molar-refractivity contribution is 0.298. The summed E-state index contributed by atoms with van der Waals surface area (Å²) >= 11 is 0. The van der Waals surface area contributed by atoms with E-state index in [0.29, 0.717) is 18.1 Å². The van der Waals surface area contributed by atoms with Crippen LogP contribution in [0.25, 0.3) is 11.2 Å². The number of aromatic amines is 1. The third kappa shape index (κ3) is 2.23. The van der Waals surface area contributed by atoms with Crippen molar-refractivity contribution in [3.05, 3.63) is 12.7 Å². The van der Waals surface area contributed by atoms with E-state index in [1.165, 1.54) is 19.2 Å². The fourth-order valence-corrected chi connectivity index (χ4v) is 1.37. The number of rotatable bonds is 5. The zero-order chi connectivity index (χ0) is 10.5. The van der Waals surface area contributed by atoms with Crippen LogP contribution in [0.1, 0.15) is 26.2 Å². The molecular weight excluding hydrogens is 192 g/mol. The Hall–Kier alpha value is -1.65. The number of nitrogens with zero attached hydrogens (tertiary/aromatic N) is 3. The molecule has 2 aromatic heterocycles. The van der Waals surface area contributed by atoms with E-state index in [-0.39, 0.29) is 0 Å². The highest BCUT2D eigenvalue weighted by atomic mass is 16.5. The highest BCUT2D eigenvalue weighted by Gasteiger charge is 2.05. The largest absolute Gasteiger partial charge is 0.476 e. The third-order valence-electron chi connectivity index (χ3n) is 2.17. The molecule has 1 N–H and O–H groups in total. The first kappa shape index (κ1) is 9.89. The van der Waals surface area contributed by atoms with Gasteiger partial charge in [-0.25, -0.2) is 9.97 Å². The summed E-state index contributed by atoms with van der Waals surface area (Å²) in [5.41, 5.74) is 1.42. The van der Waals surface area contributed by atoms with E-state index in [9.17, 15) is 0 Å². The number of H-pyrrole nitrogens is 1. The Labute approximate surface area is 87.9 Å². The summed E-state index contributed by atoms with van der Waals surface area (Å²) in [6.45, 7) is 2.86. The summed E-state index contributed by atoms with van der Waals surface area (Å²) < 4.78 is 5.56. The highest BCUT2D eigenvalue weighted by Crippen LogP contribution is 2.16. The lowest BCUT2D eigenvalue weighted by Gasteiger charge is -2.04. The lowest BCUT2D eigenvalue weighted by atomic mass is 10.3. The lowest BCUT2D eigenvalue weighted by Crippen LogP contribution is -2.00. The molecule has 0 amide bonds. The smallest absolute Gasteiger partial charge is 0.243 e. The van der Waals surface area contributed by atoms with Crippen molar-refractivity contribution in [1.82, 2.24) is 19.9 Å². The van der Waals surface area contributed by atoms with E-state index >= 15 is 0 Å². The maximum Gasteiger partial charge on any atom is 0.243 e. The van der Waals surface area contributed by atoms with Gasteiger partial charge in [-0.3, -0.25) is 0 Å². The average Bonchev–Trinajstić information content (AvgIpc) is 2.73. The number of hydrogen-bond acceptors (Lipinski definition) is 4. The van der Waals surface area contributed by atoms with Gasteiger partial charge in [0.05, 0.1) is 12.9 Å². The van der Waals surface area contributed by atoms with Crippen molar-refractivity contribution in [2.45, 2.75) is 26.2 Å². The van der Waals surface area contributed by atoms with Gasteiger partial charge in [0.25, 0.3) is 0 Å². The molecule has 0 aliphatic rings. The van der Waals surface area contributed by atoms with E-state index in [2.05, 4.69) is 26.9 Å². The molecule has 5 nitrogen and oxygen atoms in total. The first-order valence-electron chi connectivity index (χ1n) is 5.18. The molecule has 0 spiro atoms. The highest BCUT2D eigenvalue weighted by molar-refractivity contribution is 5.74. The molecule has 0 radical (unpaired) electrons. The minimum atomic E-state index is 0.591. The van der Waals surface area contributed by atoms with Gasteiger partial charge in [-0.1, -0.05) is 19.8 Å². The van der Waals surface area contributed by atoms with Gasteiger partial charge in [-0.2, -0.15) is 4.98 Å². The first-order valence-corrected chi connectivity index (χ1v) is 5.18. The Bertz CT molecular complexity index is 426. The summed E-state index contributed by atoms with van der Waals surface area (Å²) in [5, 5.41) is 0. The van der Waals surface area contributed by atoms with Gasteiger partial charge < -0.3 is 9.72 Å². The van der Waals surface area contributed by atoms with Crippen LogP contribution in [-0.4, -0.2) is 26.5 Å². The molecule has 80 valence electrons. The van der Waals surface area contributed by atoms with Crippen molar-refractivity contribution in [3.63, 3.8) is 0 Å². The van der Waals surface area contributed by atoms with Gasteiger partial charge in [0, 0.05) is 0 Å². The van der Waals surface area contributed by atoms with Crippen LogP contribution in [-0.2, 0) is 0 Å². The Morgan fingerprint density at radius 3 is 3.07 bits per heavy atom. The average molecular weight is 206 g/mol. The van der Waals surface area contributed by atoms with Crippen LogP contribution in [0, 0.1) is 0 Å². The van der Waals surface area contributed by atoms with Crippen molar-refractivity contribution in [2.75, 3.05) is 6.61 Å². The first-order chi connectivity index (χ1) is 7.42. The molecule has 0 atom stereocenters. The second kappa shape index (κ2) is 4.72.